The van der Waals surface area contributed by atoms with E-state index in [4.69, 9.17) is 37.0 Å². The molecule has 0 amide bonds. The Balaban J connectivity index is 5.18. The van der Waals surface area contributed by atoms with Crippen LogP contribution in [0, 0.1) is 23.7 Å². The lowest BCUT2D eigenvalue weighted by Crippen LogP contribution is -2.30. The van der Waals surface area contributed by atoms with Crippen molar-refractivity contribution in [3.63, 3.8) is 0 Å². The fourth-order valence-corrected chi connectivity index (χ4v) is 13.6. The van der Waals surface area contributed by atoms with Gasteiger partial charge in [0, 0.05) is 25.7 Å². The average molecular weight is 1440 g/mol. The molecule has 0 saturated carbocycles. The van der Waals surface area contributed by atoms with Crippen LogP contribution in [0.2, 0.25) is 0 Å². The van der Waals surface area contributed by atoms with E-state index < -0.39 is 97.5 Å². The highest BCUT2D eigenvalue weighted by molar-refractivity contribution is 7.47. The monoisotopic (exact) mass is 1440 g/mol. The summed E-state index contributed by atoms with van der Waals surface area (Å²) in [4.78, 5) is 72.9. The Bertz CT molecular complexity index is 1920. The zero-order valence-corrected chi connectivity index (χ0v) is 66.2. The molecule has 4 unspecified atom stereocenters. The van der Waals surface area contributed by atoms with Gasteiger partial charge in [0.15, 0.2) is 12.2 Å². The number of esters is 4. The molecule has 582 valence electrons. The number of ether oxygens (including phenoxy) is 4. The molecule has 19 heteroatoms. The molecule has 17 nitrogen and oxygen atoms in total. The van der Waals surface area contributed by atoms with Crippen molar-refractivity contribution in [2.75, 3.05) is 39.6 Å². The highest BCUT2D eigenvalue weighted by Gasteiger charge is 2.30. The number of phosphoric acid groups is 2. The number of unbranched alkanes of at least 4 members (excludes halogenated alkanes) is 41. The van der Waals surface area contributed by atoms with Crippen molar-refractivity contribution in [2.45, 2.75) is 420 Å². The van der Waals surface area contributed by atoms with E-state index in [2.05, 4.69) is 55.4 Å². The van der Waals surface area contributed by atoms with Crippen LogP contribution < -0.4 is 0 Å². The molecule has 0 spiro atoms. The van der Waals surface area contributed by atoms with E-state index in [-0.39, 0.29) is 25.7 Å². The van der Waals surface area contributed by atoms with Crippen molar-refractivity contribution in [1.29, 1.82) is 0 Å². The zero-order valence-electron chi connectivity index (χ0n) is 64.4. The predicted octanol–water partition coefficient (Wildman–Crippen LogP) is 23.2. The van der Waals surface area contributed by atoms with Crippen molar-refractivity contribution >= 4 is 39.5 Å². The fourth-order valence-electron chi connectivity index (χ4n) is 12.0. The summed E-state index contributed by atoms with van der Waals surface area (Å²) in [7, 11) is -9.92. The Labute approximate surface area is 600 Å². The Morgan fingerprint density at radius 2 is 0.490 bits per heavy atom. The molecule has 0 heterocycles. The molecule has 0 aliphatic rings. The third-order valence-electron chi connectivity index (χ3n) is 18.7. The number of carbonyl (C=O) groups excluding carboxylic acids is 4. The summed E-state index contributed by atoms with van der Waals surface area (Å²) in [6.07, 6.45) is 54.3. The second-order valence-corrected chi connectivity index (χ2v) is 33.0. The highest BCUT2D eigenvalue weighted by Crippen LogP contribution is 2.45. The van der Waals surface area contributed by atoms with Crippen LogP contribution in [0.5, 0.6) is 0 Å². The molecule has 0 aromatic carbocycles. The summed E-state index contributed by atoms with van der Waals surface area (Å²) >= 11 is 0. The molecule has 0 aliphatic heterocycles. The van der Waals surface area contributed by atoms with Crippen LogP contribution in [-0.2, 0) is 65.4 Å². The van der Waals surface area contributed by atoms with E-state index in [1.54, 1.807) is 0 Å². The molecule has 0 aromatic heterocycles. The number of hydrogen-bond donors (Lipinski definition) is 3. The molecular weight excluding hydrogens is 1280 g/mol. The Kier molecular flexibility index (Phi) is 66.8. The SMILES string of the molecule is CCC(C)CCCCCCCCCCC(=O)OC[C@H](COP(=O)(O)OCC(O)COP(=O)(O)OC[C@@H](COC(=O)CCCCCCCCC(C)C)OC(=O)CCCCCCCCCCCCCCCCCCCCC(C)C)OC(=O)CCCCCCCCCCCCCCCC(C)C. The van der Waals surface area contributed by atoms with Crippen LogP contribution in [0.3, 0.4) is 0 Å². The molecule has 6 atom stereocenters. The molecule has 0 radical (unpaired) electrons. The van der Waals surface area contributed by atoms with Crippen molar-refractivity contribution in [3.8, 4) is 0 Å². The summed E-state index contributed by atoms with van der Waals surface area (Å²) in [5.41, 5.74) is 0. The quantitative estimate of drug-likeness (QED) is 0.0222. The molecule has 98 heavy (non-hydrogen) atoms. The number of carbonyl (C=O) groups is 4. The number of hydrogen-bond acceptors (Lipinski definition) is 15. The summed E-state index contributed by atoms with van der Waals surface area (Å²) in [6.45, 7) is 14.2. The van der Waals surface area contributed by atoms with E-state index >= 15 is 0 Å². The third kappa shape index (κ3) is 71.1. The van der Waals surface area contributed by atoms with E-state index in [0.717, 1.165) is 114 Å². The minimum absolute atomic E-state index is 0.106. The molecule has 0 rings (SSSR count). The van der Waals surface area contributed by atoms with Crippen LogP contribution in [0.1, 0.15) is 402 Å². The van der Waals surface area contributed by atoms with E-state index in [9.17, 15) is 43.2 Å². The normalized spacial score (nSPS) is 14.3. The van der Waals surface area contributed by atoms with E-state index in [1.165, 1.54) is 199 Å². The first-order valence-corrected chi connectivity index (χ1v) is 43.7. The predicted molar refractivity (Wildman–Crippen MR) is 400 cm³/mol. The molecule has 3 N–H and O–H groups in total. The van der Waals surface area contributed by atoms with Crippen LogP contribution in [0.25, 0.3) is 0 Å². The summed E-state index contributed by atoms with van der Waals surface area (Å²) in [6, 6.07) is 0. The topological polar surface area (TPSA) is 237 Å². The zero-order chi connectivity index (χ0) is 72.4. The van der Waals surface area contributed by atoms with Gasteiger partial charge in [0.25, 0.3) is 0 Å². The van der Waals surface area contributed by atoms with Crippen LogP contribution in [0.15, 0.2) is 0 Å². The first kappa shape index (κ1) is 96.1. The number of rotatable bonds is 76. The fraction of sp³-hybridized carbons (Fsp3) is 0.949. The van der Waals surface area contributed by atoms with Gasteiger partial charge in [0.05, 0.1) is 26.4 Å². The van der Waals surface area contributed by atoms with E-state index in [0.29, 0.717) is 31.6 Å². The van der Waals surface area contributed by atoms with Crippen LogP contribution >= 0.6 is 15.6 Å². The van der Waals surface area contributed by atoms with Gasteiger partial charge in [-0.2, -0.15) is 0 Å². The minimum atomic E-state index is -4.96. The van der Waals surface area contributed by atoms with Gasteiger partial charge in [-0.3, -0.25) is 37.3 Å². The van der Waals surface area contributed by atoms with Crippen molar-refractivity contribution < 1.29 is 80.2 Å². The first-order valence-electron chi connectivity index (χ1n) is 40.7. The maximum atomic E-state index is 13.1. The first-order chi connectivity index (χ1) is 47.1. The van der Waals surface area contributed by atoms with Crippen LogP contribution in [0.4, 0.5) is 0 Å². The largest absolute Gasteiger partial charge is 0.472 e. The molecular formula is C79H154O17P2. The Hall–Kier alpha value is -1.94. The molecule has 0 saturated heterocycles. The molecule has 0 aliphatic carbocycles. The van der Waals surface area contributed by atoms with Gasteiger partial charge < -0.3 is 33.8 Å². The third-order valence-corrected chi connectivity index (χ3v) is 20.6. The summed E-state index contributed by atoms with van der Waals surface area (Å²) in [5, 5.41) is 10.6. The van der Waals surface area contributed by atoms with Gasteiger partial charge in [-0.05, 0) is 49.4 Å². The Morgan fingerprint density at radius 1 is 0.286 bits per heavy atom. The second kappa shape index (κ2) is 68.2. The lowest BCUT2D eigenvalue weighted by Gasteiger charge is -2.21. The standard InChI is InChI=1S/C79H154O17P2/c1-9-72(8)58-50-42-33-29-30-34-43-51-59-76(81)89-65-74(95-78(83)62-54-46-36-28-24-20-16-18-22-26-32-40-48-56-70(4)5)67-93-97(85,86)91-63-73(80)64-92-98(87,88)94-68-75(66-90-77(82)60-52-44-38-37-41-49-57-71(6)7)96-79(84)61-53-45-35-27-23-19-15-13-11-10-12-14-17-21-25-31-39-47-55-69(2)3/h69-75,80H,9-68H2,1-8H3,(H,85,86)(H,87,88)/t72?,73?,74-,75-/m1/s1. The van der Waals surface area contributed by atoms with Crippen molar-refractivity contribution in [1.82, 2.24) is 0 Å². The van der Waals surface area contributed by atoms with Gasteiger partial charge in [0.2, 0.25) is 0 Å². The van der Waals surface area contributed by atoms with Crippen LogP contribution in [-0.4, -0.2) is 96.7 Å². The number of aliphatic hydroxyl groups is 1. The van der Waals surface area contributed by atoms with Gasteiger partial charge in [0.1, 0.15) is 19.3 Å². The highest BCUT2D eigenvalue weighted by atomic mass is 31.2. The average Bonchev–Trinajstić information content (AvgIpc) is 0.975. The lowest BCUT2D eigenvalue weighted by atomic mass is 9.99. The maximum absolute atomic E-state index is 13.1. The maximum Gasteiger partial charge on any atom is 0.472 e. The Morgan fingerprint density at radius 3 is 0.724 bits per heavy atom. The van der Waals surface area contributed by atoms with Gasteiger partial charge in [-0.1, -0.05) is 351 Å². The second-order valence-electron chi connectivity index (χ2n) is 30.1. The van der Waals surface area contributed by atoms with Crippen molar-refractivity contribution in [2.24, 2.45) is 23.7 Å². The van der Waals surface area contributed by atoms with Gasteiger partial charge >= 0.3 is 39.5 Å². The smallest absolute Gasteiger partial charge is 0.462 e. The van der Waals surface area contributed by atoms with Crippen molar-refractivity contribution in [3.05, 3.63) is 0 Å². The van der Waals surface area contributed by atoms with Gasteiger partial charge in [-0.25, -0.2) is 9.13 Å². The molecule has 0 bridgehead atoms. The summed E-state index contributed by atoms with van der Waals surface area (Å²) < 4.78 is 68.6. The molecule has 0 fully saturated rings. The lowest BCUT2D eigenvalue weighted by molar-refractivity contribution is -0.161. The minimum Gasteiger partial charge on any atom is -0.462 e. The number of aliphatic hydroxyl groups excluding tert-OH is 1. The number of phosphoric ester groups is 2. The summed E-state index contributed by atoms with van der Waals surface area (Å²) in [5.74, 6) is 0.944. The molecule has 0 aromatic rings. The van der Waals surface area contributed by atoms with E-state index in [1.807, 2.05) is 0 Å². The van der Waals surface area contributed by atoms with Gasteiger partial charge in [-0.15, -0.1) is 0 Å².